The summed E-state index contributed by atoms with van der Waals surface area (Å²) < 4.78 is 6.09. The Morgan fingerprint density at radius 1 is 1.22 bits per heavy atom. The Morgan fingerprint density at radius 2 is 1.93 bits per heavy atom. The van der Waals surface area contributed by atoms with Crippen LogP contribution in [0.5, 0.6) is 11.5 Å². The Kier molecular flexibility index (Phi) is 4.16. The van der Waals surface area contributed by atoms with Crippen LogP contribution in [-0.2, 0) is 21.4 Å². The van der Waals surface area contributed by atoms with Gasteiger partial charge in [0.1, 0.15) is 12.2 Å². The van der Waals surface area contributed by atoms with Crippen molar-refractivity contribution in [2.75, 3.05) is 13.6 Å². The van der Waals surface area contributed by atoms with E-state index in [4.69, 9.17) is 4.74 Å². The Hall–Kier alpha value is -2.18. The van der Waals surface area contributed by atoms with Gasteiger partial charge in [0.25, 0.3) is 0 Å². The first kappa shape index (κ1) is 18.2. The number of likely N-dealkylation sites (tertiary alicyclic amines) is 1. The van der Waals surface area contributed by atoms with Gasteiger partial charge in [-0.3, -0.25) is 9.59 Å². The number of carbonyl (C=O) groups excluding carboxylic acids is 2. The van der Waals surface area contributed by atoms with Crippen molar-refractivity contribution in [3.8, 4) is 11.5 Å². The van der Waals surface area contributed by atoms with Gasteiger partial charge in [-0.2, -0.15) is 0 Å². The average Bonchev–Trinajstić information content (AvgIpc) is 2.98. The number of piperidine rings is 1. The van der Waals surface area contributed by atoms with E-state index in [1.54, 1.807) is 6.07 Å². The Morgan fingerprint density at radius 3 is 2.59 bits per heavy atom. The molecule has 0 amide bonds. The molecule has 5 atom stereocenters. The summed E-state index contributed by atoms with van der Waals surface area (Å²) >= 11 is 0. The van der Waals surface area contributed by atoms with Crippen LogP contribution in [0.3, 0.4) is 0 Å². The van der Waals surface area contributed by atoms with Crippen molar-refractivity contribution in [3.63, 3.8) is 0 Å². The van der Waals surface area contributed by atoms with E-state index >= 15 is 0 Å². The van der Waals surface area contributed by atoms with Crippen molar-refractivity contribution in [3.05, 3.63) is 35.4 Å². The van der Waals surface area contributed by atoms with Crippen LogP contribution >= 0.6 is 0 Å². The molecule has 2 aliphatic heterocycles. The number of aromatic hydroxyl groups is 1. The van der Waals surface area contributed by atoms with Crippen LogP contribution in [-0.4, -0.2) is 58.5 Å². The number of likely N-dealkylation sites (N-methyl/N-ethyl adjacent to an activating group) is 1. The second-order valence-electron chi connectivity index (χ2n) is 8.04. The van der Waals surface area contributed by atoms with Gasteiger partial charge in [-0.05, 0) is 38.1 Å². The molecular weight excluding hydrogens is 346 g/mol. The number of Topliss-reactive ketones (excluding diaryl/α,β-unsaturated/α-hetero) is 2. The molecule has 0 saturated carbocycles. The molecule has 27 heavy (non-hydrogen) atoms. The number of ether oxygens (including phenoxy) is 1. The van der Waals surface area contributed by atoms with Crippen LogP contribution in [0.25, 0.3) is 0 Å². The minimum Gasteiger partial charge on any atom is -0.504 e. The molecule has 0 unspecified atom stereocenters. The number of phenols is 1. The van der Waals surface area contributed by atoms with Crippen LogP contribution < -0.4 is 4.74 Å². The maximum atomic E-state index is 10.4. The molecule has 6 heteroatoms. The fourth-order valence-corrected chi connectivity index (χ4v) is 5.24. The van der Waals surface area contributed by atoms with Gasteiger partial charge in [-0.15, -0.1) is 0 Å². The number of nitrogens with zero attached hydrogens (tertiary/aromatic N) is 1. The van der Waals surface area contributed by atoms with E-state index in [0.717, 1.165) is 19.4 Å². The largest absolute Gasteiger partial charge is 0.504 e. The van der Waals surface area contributed by atoms with Crippen molar-refractivity contribution in [2.45, 2.75) is 50.4 Å². The van der Waals surface area contributed by atoms with Crippen molar-refractivity contribution in [2.24, 2.45) is 5.92 Å². The van der Waals surface area contributed by atoms with E-state index in [0.29, 0.717) is 17.7 Å². The summed E-state index contributed by atoms with van der Waals surface area (Å²) in [6.45, 7) is 3.51. The smallest absolute Gasteiger partial charge is 0.195 e. The monoisotopic (exact) mass is 371 g/mol. The third kappa shape index (κ3) is 2.47. The second kappa shape index (κ2) is 6.17. The minimum atomic E-state index is -0.594. The molecule has 2 bridgehead atoms. The molecule has 1 aromatic rings. The average molecular weight is 371 g/mol. The highest BCUT2D eigenvalue weighted by atomic mass is 16.5. The predicted molar refractivity (Wildman–Crippen MR) is 98.9 cm³/mol. The molecule has 2 aliphatic carbocycles. The highest BCUT2D eigenvalue weighted by Crippen LogP contribution is 2.62. The summed E-state index contributed by atoms with van der Waals surface area (Å²) in [6.07, 6.45) is 5.18. The molecule has 144 valence electrons. The van der Waals surface area contributed by atoms with E-state index in [1.807, 2.05) is 12.1 Å². The van der Waals surface area contributed by atoms with E-state index in [-0.39, 0.29) is 28.8 Å². The highest BCUT2D eigenvalue weighted by molar-refractivity contribution is 6.35. The summed E-state index contributed by atoms with van der Waals surface area (Å²) in [5, 5.41) is 20.6. The number of benzene rings is 1. The summed E-state index contributed by atoms with van der Waals surface area (Å²) in [7, 11) is 2.19. The number of carbonyl (C=O) groups is 2. The summed E-state index contributed by atoms with van der Waals surface area (Å²) in [4.78, 5) is 22.0. The third-order valence-corrected chi connectivity index (χ3v) is 6.65. The molecule has 2 N–H and O–H groups in total. The quantitative estimate of drug-likeness (QED) is 0.573. The Labute approximate surface area is 158 Å². The van der Waals surface area contributed by atoms with E-state index < -0.39 is 6.10 Å². The lowest BCUT2D eigenvalue weighted by Crippen LogP contribution is -2.64. The molecule has 1 fully saturated rings. The summed E-state index contributed by atoms with van der Waals surface area (Å²) in [5.74, 6) is 0.430. The zero-order chi connectivity index (χ0) is 19.5. The molecule has 1 spiro atoms. The first-order valence-electron chi connectivity index (χ1n) is 9.37. The predicted octanol–water partition coefficient (Wildman–Crippen LogP) is 1.36. The molecule has 4 aliphatic rings. The number of rotatable bonds is 1. The van der Waals surface area contributed by atoms with Crippen LogP contribution in [0, 0.1) is 5.92 Å². The summed E-state index contributed by atoms with van der Waals surface area (Å²) in [6, 6.07) is 4.23. The fraction of sp³-hybridized carbons (Fsp3) is 0.524. The molecule has 0 aromatic heterocycles. The normalized spacial score (nSPS) is 34.8. The molecule has 1 saturated heterocycles. The van der Waals surface area contributed by atoms with Crippen LogP contribution in [0.2, 0.25) is 0 Å². The number of hydrogen-bond donors (Lipinski definition) is 2. The van der Waals surface area contributed by atoms with Crippen molar-refractivity contribution < 1.29 is 24.5 Å². The van der Waals surface area contributed by atoms with Gasteiger partial charge < -0.3 is 19.8 Å². The lowest BCUT2D eigenvalue weighted by atomic mass is 9.53. The van der Waals surface area contributed by atoms with Gasteiger partial charge in [0.05, 0.1) is 0 Å². The minimum absolute atomic E-state index is 0.160. The first-order chi connectivity index (χ1) is 12.8. The Bertz CT molecular complexity index is 835. The molecule has 5 rings (SSSR count). The topological polar surface area (TPSA) is 87.1 Å². The maximum Gasteiger partial charge on any atom is 0.195 e. The van der Waals surface area contributed by atoms with Gasteiger partial charge in [0.15, 0.2) is 23.1 Å². The Balaban J connectivity index is 0.000000264. The van der Waals surface area contributed by atoms with Crippen molar-refractivity contribution >= 4 is 11.6 Å². The van der Waals surface area contributed by atoms with Crippen LogP contribution in [0.4, 0.5) is 0 Å². The van der Waals surface area contributed by atoms with E-state index in [9.17, 15) is 19.8 Å². The molecular formula is C21H25NO5. The number of aliphatic hydroxyl groups excluding tert-OH is 1. The lowest BCUT2D eigenvalue weighted by molar-refractivity contribution is -0.134. The van der Waals surface area contributed by atoms with Gasteiger partial charge in [-0.1, -0.05) is 18.2 Å². The zero-order valence-electron chi connectivity index (χ0n) is 15.8. The zero-order valence-corrected chi connectivity index (χ0v) is 15.8. The number of hydrogen-bond acceptors (Lipinski definition) is 6. The van der Waals surface area contributed by atoms with Crippen molar-refractivity contribution in [1.29, 1.82) is 0 Å². The summed E-state index contributed by atoms with van der Waals surface area (Å²) in [5.41, 5.74) is 2.29. The standard InChI is InChI=1S/C17H19NO3.C4H6O2/c1-18-7-6-17-10-3-5-13(20)16(17)21-15-12(19)4-2-9(14(15)17)8-11(10)18;1-3(5)4(2)6/h2-5,10-11,13,16,19-20H,6-8H2,1H3;1-2H3/t10-,11+,13-,16-,17-;/m0./s1. The highest BCUT2D eigenvalue weighted by Gasteiger charge is 2.64. The number of phenolic OH excluding ortho intramolecular Hbond substituents is 1. The SMILES string of the molecule is CC(=O)C(C)=O.CN1CC[C@]23c4c5ccc(O)c4O[C@H]2[C@@H](O)C=C[C@H]3[C@H]1C5. The van der Waals surface area contributed by atoms with Crippen molar-refractivity contribution in [1.82, 2.24) is 4.90 Å². The molecule has 2 heterocycles. The van der Waals surface area contributed by atoms with Gasteiger partial charge in [-0.25, -0.2) is 0 Å². The van der Waals surface area contributed by atoms with Gasteiger partial charge in [0, 0.05) is 36.8 Å². The maximum absolute atomic E-state index is 10.4. The fourth-order valence-electron chi connectivity index (χ4n) is 5.24. The van der Waals surface area contributed by atoms with Crippen LogP contribution in [0.1, 0.15) is 31.4 Å². The third-order valence-electron chi connectivity index (χ3n) is 6.65. The van der Waals surface area contributed by atoms with Gasteiger partial charge >= 0.3 is 0 Å². The van der Waals surface area contributed by atoms with E-state index in [1.165, 1.54) is 25.0 Å². The molecule has 1 aromatic carbocycles. The second-order valence-corrected chi connectivity index (χ2v) is 8.04. The molecule has 6 nitrogen and oxygen atoms in total. The number of ketones is 2. The van der Waals surface area contributed by atoms with Crippen LogP contribution in [0.15, 0.2) is 24.3 Å². The number of aliphatic hydroxyl groups is 1. The first-order valence-corrected chi connectivity index (χ1v) is 9.37. The van der Waals surface area contributed by atoms with Gasteiger partial charge in [0.2, 0.25) is 0 Å². The lowest BCUT2D eigenvalue weighted by Gasteiger charge is -2.56. The van der Waals surface area contributed by atoms with E-state index in [2.05, 4.69) is 18.0 Å². The molecule has 0 radical (unpaired) electrons.